The molecule has 0 aliphatic rings. The molecule has 0 atom stereocenters. The second kappa shape index (κ2) is 10.3. The van der Waals surface area contributed by atoms with Gasteiger partial charge >= 0.3 is 0 Å². The third kappa shape index (κ3) is 6.26. The lowest BCUT2D eigenvalue weighted by atomic mass is 10.1. The second-order valence-corrected chi connectivity index (χ2v) is 7.32. The average Bonchev–Trinajstić information content (AvgIpc) is 2.64. The molecule has 0 aliphatic heterocycles. The Hall–Kier alpha value is -2.04. The molecule has 0 saturated heterocycles. The van der Waals surface area contributed by atoms with Crippen molar-refractivity contribution < 1.29 is 14.7 Å². The third-order valence-corrected chi connectivity index (χ3v) is 5.07. The van der Waals surface area contributed by atoms with E-state index in [4.69, 9.17) is 17.3 Å². The number of thiocarbonyl (C=S) groups is 1. The molecule has 0 radical (unpaired) electrons. The minimum atomic E-state index is -0.324. The molecule has 2 aromatic rings. The Bertz CT molecular complexity index is 858. The number of aliphatic hydroxyl groups is 1. The number of benzene rings is 2. The zero-order valence-electron chi connectivity index (χ0n) is 14.7. The maximum Gasteiger partial charge on any atom is 0.257 e. The van der Waals surface area contributed by atoms with Crippen molar-refractivity contribution in [1.82, 2.24) is 10.6 Å². The molecule has 8 heteroatoms. The highest BCUT2D eigenvalue weighted by Gasteiger charge is 2.13. The Morgan fingerprint density at radius 3 is 2.59 bits per heavy atom. The quantitative estimate of drug-likeness (QED) is 0.280. The van der Waals surface area contributed by atoms with Crippen LogP contribution in [-0.2, 0) is 0 Å². The van der Waals surface area contributed by atoms with Gasteiger partial charge in [0.05, 0.1) is 11.3 Å². The first-order chi connectivity index (χ1) is 12.9. The standard InChI is InChI=1S/C19H20IN3O3S/c1-12-7-8-13(11-15(12)20)17(25)23-19(27)22-16-6-3-2-5-14(16)18(26)21-9-4-10-24/h2-3,5-8,11,24H,4,9-10H2,1H3,(H,21,26)(H2,22,23,25,27). The Kier molecular flexibility index (Phi) is 8.14. The van der Waals surface area contributed by atoms with Gasteiger partial charge in [-0.3, -0.25) is 14.9 Å². The lowest BCUT2D eigenvalue weighted by Gasteiger charge is -2.13. The van der Waals surface area contributed by atoms with E-state index in [9.17, 15) is 9.59 Å². The van der Waals surface area contributed by atoms with Crippen molar-refractivity contribution in [2.45, 2.75) is 13.3 Å². The molecule has 0 saturated carbocycles. The van der Waals surface area contributed by atoms with Gasteiger partial charge in [-0.1, -0.05) is 18.2 Å². The summed E-state index contributed by atoms with van der Waals surface area (Å²) in [6.45, 7) is 2.35. The first kappa shape index (κ1) is 21.3. The van der Waals surface area contributed by atoms with E-state index in [1.54, 1.807) is 36.4 Å². The van der Waals surface area contributed by atoms with Crippen molar-refractivity contribution in [3.63, 3.8) is 0 Å². The molecule has 142 valence electrons. The summed E-state index contributed by atoms with van der Waals surface area (Å²) in [7, 11) is 0. The van der Waals surface area contributed by atoms with Gasteiger partial charge in [-0.05, 0) is 78.0 Å². The van der Waals surface area contributed by atoms with Gasteiger partial charge in [-0.2, -0.15) is 0 Å². The van der Waals surface area contributed by atoms with Crippen LogP contribution in [0.15, 0.2) is 42.5 Å². The minimum absolute atomic E-state index is 0.00818. The molecule has 27 heavy (non-hydrogen) atoms. The summed E-state index contributed by atoms with van der Waals surface area (Å²) < 4.78 is 0.990. The first-order valence-electron chi connectivity index (χ1n) is 8.29. The van der Waals surface area contributed by atoms with E-state index in [1.807, 2.05) is 13.0 Å². The number of carbonyl (C=O) groups excluding carboxylic acids is 2. The van der Waals surface area contributed by atoms with Crippen LogP contribution in [0.5, 0.6) is 0 Å². The summed E-state index contributed by atoms with van der Waals surface area (Å²) in [5.41, 5.74) is 2.48. The van der Waals surface area contributed by atoms with Crippen molar-refractivity contribution in [3.05, 3.63) is 62.7 Å². The minimum Gasteiger partial charge on any atom is -0.396 e. The van der Waals surface area contributed by atoms with E-state index >= 15 is 0 Å². The second-order valence-electron chi connectivity index (χ2n) is 5.75. The zero-order chi connectivity index (χ0) is 19.8. The largest absolute Gasteiger partial charge is 0.396 e. The Labute approximate surface area is 176 Å². The molecule has 6 nitrogen and oxygen atoms in total. The van der Waals surface area contributed by atoms with Crippen LogP contribution in [0.3, 0.4) is 0 Å². The van der Waals surface area contributed by atoms with Crippen LogP contribution < -0.4 is 16.0 Å². The molecule has 0 unspecified atom stereocenters. The zero-order valence-corrected chi connectivity index (χ0v) is 17.7. The molecule has 2 aromatic carbocycles. The summed E-state index contributed by atoms with van der Waals surface area (Å²) in [6, 6.07) is 12.3. The molecular formula is C19H20IN3O3S. The number of hydrogen-bond acceptors (Lipinski definition) is 4. The number of halogens is 1. The van der Waals surface area contributed by atoms with Crippen molar-refractivity contribution >= 4 is 57.4 Å². The molecule has 0 bridgehead atoms. The number of para-hydroxylation sites is 1. The topological polar surface area (TPSA) is 90.5 Å². The predicted octanol–water partition coefficient (Wildman–Crippen LogP) is 2.84. The summed E-state index contributed by atoms with van der Waals surface area (Å²) >= 11 is 7.39. The van der Waals surface area contributed by atoms with E-state index < -0.39 is 0 Å². The lowest BCUT2D eigenvalue weighted by molar-refractivity contribution is 0.0950. The van der Waals surface area contributed by atoms with Crippen LogP contribution in [0, 0.1) is 10.5 Å². The number of amides is 2. The monoisotopic (exact) mass is 497 g/mol. The fraction of sp³-hybridized carbons (Fsp3) is 0.211. The SMILES string of the molecule is Cc1ccc(C(=O)NC(=S)Nc2ccccc2C(=O)NCCCO)cc1I. The maximum atomic E-state index is 12.4. The fourth-order valence-electron chi connectivity index (χ4n) is 2.23. The molecular weight excluding hydrogens is 477 g/mol. The average molecular weight is 497 g/mol. The van der Waals surface area contributed by atoms with E-state index in [1.165, 1.54) is 0 Å². The normalized spacial score (nSPS) is 10.2. The number of rotatable bonds is 6. The molecule has 2 amide bonds. The third-order valence-electron chi connectivity index (χ3n) is 3.70. The number of aliphatic hydroxyl groups excluding tert-OH is 1. The van der Waals surface area contributed by atoms with E-state index in [-0.39, 0.29) is 23.5 Å². The van der Waals surface area contributed by atoms with Crippen LogP contribution in [0.4, 0.5) is 5.69 Å². The van der Waals surface area contributed by atoms with Gasteiger partial charge < -0.3 is 15.7 Å². The molecule has 0 aromatic heterocycles. The van der Waals surface area contributed by atoms with Crippen molar-refractivity contribution in [2.75, 3.05) is 18.5 Å². The van der Waals surface area contributed by atoms with Gasteiger partial charge in [-0.25, -0.2) is 0 Å². The Morgan fingerprint density at radius 1 is 1.15 bits per heavy atom. The number of carbonyl (C=O) groups is 2. The first-order valence-corrected chi connectivity index (χ1v) is 9.77. The van der Waals surface area contributed by atoms with Crippen LogP contribution in [0.2, 0.25) is 0 Å². The highest BCUT2D eigenvalue weighted by molar-refractivity contribution is 14.1. The number of anilines is 1. The highest BCUT2D eigenvalue weighted by atomic mass is 127. The van der Waals surface area contributed by atoms with Gasteiger partial charge in [0.15, 0.2) is 5.11 Å². The smallest absolute Gasteiger partial charge is 0.257 e. The van der Waals surface area contributed by atoms with Gasteiger partial charge in [0.1, 0.15) is 0 Å². The Morgan fingerprint density at radius 2 is 1.89 bits per heavy atom. The van der Waals surface area contributed by atoms with Crippen LogP contribution in [0.25, 0.3) is 0 Å². The van der Waals surface area contributed by atoms with Crippen molar-refractivity contribution in [3.8, 4) is 0 Å². The van der Waals surface area contributed by atoms with Gasteiger partial charge in [0, 0.05) is 22.3 Å². The van der Waals surface area contributed by atoms with Crippen molar-refractivity contribution in [1.29, 1.82) is 0 Å². The van der Waals surface area contributed by atoms with Gasteiger partial charge in [-0.15, -0.1) is 0 Å². The van der Waals surface area contributed by atoms with Gasteiger partial charge in [0.25, 0.3) is 11.8 Å². The van der Waals surface area contributed by atoms with Crippen LogP contribution >= 0.6 is 34.8 Å². The van der Waals surface area contributed by atoms with Crippen molar-refractivity contribution in [2.24, 2.45) is 0 Å². The number of hydrogen-bond donors (Lipinski definition) is 4. The summed E-state index contributed by atoms with van der Waals surface area (Å²) in [5.74, 6) is -0.607. The van der Waals surface area contributed by atoms with Gasteiger partial charge in [0.2, 0.25) is 0 Å². The Balaban J connectivity index is 2.04. The summed E-state index contributed by atoms with van der Waals surface area (Å²) in [4.78, 5) is 24.6. The molecule has 0 spiro atoms. The summed E-state index contributed by atoms with van der Waals surface area (Å²) in [6.07, 6.45) is 0.477. The maximum absolute atomic E-state index is 12.4. The molecule has 0 fully saturated rings. The summed E-state index contributed by atoms with van der Waals surface area (Å²) in [5, 5.41) is 17.2. The number of nitrogens with one attached hydrogen (secondary N) is 3. The molecule has 0 heterocycles. The lowest BCUT2D eigenvalue weighted by Crippen LogP contribution is -2.35. The fourth-order valence-corrected chi connectivity index (χ4v) is 2.95. The van der Waals surface area contributed by atoms with E-state index in [0.717, 1.165) is 9.13 Å². The van der Waals surface area contributed by atoms with E-state index in [2.05, 4.69) is 38.5 Å². The molecule has 0 aliphatic carbocycles. The van der Waals surface area contributed by atoms with Crippen LogP contribution in [-0.4, -0.2) is 35.2 Å². The predicted molar refractivity (Wildman–Crippen MR) is 118 cm³/mol. The van der Waals surface area contributed by atoms with Crippen LogP contribution in [0.1, 0.15) is 32.7 Å². The molecule has 4 N–H and O–H groups in total. The molecule has 2 rings (SSSR count). The number of aryl methyl sites for hydroxylation is 1. The van der Waals surface area contributed by atoms with E-state index in [0.29, 0.717) is 29.8 Å². The highest BCUT2D eigenvalue weighted by Crippen LogP contribution is 2.16.